The number of hydrogen-bond donors (Lipinski definition) is 2. The van der Waals surface area contributed by atoms with Crippen molar-refractivity contribution in [2.24, 2.45) is 0 Å². The topological polar surface area (TPSA) is 72.2 Å². The van der Waals surface area contributed by atoms with E-state index in [-0.39, 0.29) is 24.1 Å². The van der Waals surface area contributed by atoms with Crippen LogP contribution in [0.3, 0.4) is 0 Å². The van der Waals surface area contributed by atoms with Gasteiger partial charge in [-0.2, -0.15) is 0 Å². The van der Waals surface area contributed by atoms with E-state index in [1.165, 1.54) is 0 Å². The number of nitrogens with two attached hydrogens (primary N) is 1. The molecule has 0 aliphatic carbocycles. The molecule has 18 heavy (non-hydrogen) atoms. The first-order valence-electron chi connectivity index (χ1n) is 5.63. The summed E-state index contributed by atoms with van der Waals surface area (Å²) < 4.78 is 12.0. The average Bonchev–Trinajstić information content (AvgIpc) is 2.25. The van der Waals surface area contributed by atoms with Gasteiger partial charge in [-0.15, -0.1) is 0 Å². The van der Waals surface area contributed by atoms with Crippen LogP contribution >= 0.6 is 11.6 Å². The quantitative estimate of drug-likeness (QED) is 0.814. The van der Waals surface area contributed by atoms with Crippen molar-refractivity contribution >= 4 is 34.0 Å². The van der Waals surface area contributed by atoms with Gasteiger partial charge in [0, 0.05) is 23.9 Å². The monoisotopic (exact) mass is 288 g/mol. The van der Waals surface area contributed by atoms with Gasteiger partial charge in [0.25, 0.3) is 0 Å². The van der Waals surface area contributed by atoms with Gasteiger partial charge in [-0.05, 0) is 26.0 Å². The summed E-state index contributed by atoms with van der Waals surface area (Å²) in [6.45, 7) is 3.75. The van der Waals surface area contributed by atoms with E-state index in [0.717, 1.165) is 0 Å². The second kappa shape index (κ2) is 6.75. The molecule has 0 fully saturated rings. The van der Waals surface area contributed by atoms with Crippen LogP contribution in [0.2, 0.25) is 5.02 Å². The highest BCUT2D eigenvalue weighted by Gasteiger charge is 2.14. The van der Waals surface area contributed by atoms with E-state index in [1.54, 1.807) is 18.2 Å². The van der Waals surface area contributed by atoms with Crippen molar-refractivity contribution in [1.29, 1.82) is 0 Å². The standard InChI is InChI=1S/C12H17ClN2O2S/c1-8(2)15-11(16)6-7-18(17)12-9(13)4-3-5-10(12)14/h3-5,8H,6-7,14H2,1-2H3,(H,15,16). The molecule has 0 bridgehead atoms. The lowest BCUT2D eigenvalue weighted by Gasteiger charge is -2.09. The summed E-state index contributed by atoms with van der Waals surface area (Å²) in [7, 11) is -1.36. The van der Waals surface area contributed by atoms with Crippen molar-refractivity contribution < 1.29 is 9.00 Å². The van der Waals surface area contributed by atoms with Gasteiger partial charge in [0.15, 0.2) is 0 Å². The van der Waals surface area contributed by atoms with Gasteiger partial charge < -0.3 is 11.1 Å². The van der Waals surface area contributed by atoms with E-state index >= 15 is 0 Å². The molecule has 6 heteroatoms. The lowest BCUT2D eigenvalue weighted by atomic mass is 10.3. The zero-order chi connectivity index (χ0) is 13.7. The number of carbonyl (C=O) groups excluding carboxylic acids is 1. The van der Waals surface area contributed by atoms with Crippen molar-refractivity contribution in [3.05, 3.63) is 23.2 Å². The van der Waals surface area contributed by atoms with E-state index in [0.29, 0.717) is 15.6 Å². The number of hydrogen-bond acceptors (Lipinski definition) is 3. The van der Waals surface area contributed by atoms with Crippen LogP contribution in [0.5, 0.6) is 0 Å². The van der Waals surface area contributed by atoms with Gasteiger partial charge in [-0.3, -0.25) is 9.00 Å². The maximum Gasteiger partial charge on any atom is 0.221 e. The maximum atomic E-state index is 12.0. The molecule has 0 saturated carbocycles. The average molecular weight is 289 g/mol. The van der Waals surface area contributed by atoms with Gasteiger partial charge in [0.1, 0.15) is 0 Å². The molecule has 4 nitrogen and oxygen atoms in total. The predicted molar refractivity (Wildman–Crippen MR) is 75.0 cm³/mol. The minimum atomic E-state index is -1.36. The Morgan fingerprint density at radius 3 is 2.72 bits per heavy atom. The van der Waals surface area contributed by atoms with E-state index in [2.05, 4.69) is 5.32 Å². The van der Waals surface area contributed by atoms with Crippen LogP contribution in [0.15, 0.2) is 23.1 Å². The first kappa shape index (κ1) is 15.0. The lowest BCUT2D eigenvalue weighted by molar-refractivity contribution is -0.121. The molecule has 0 radical (unpaired) electrons. The van der Waals surface area contributed by atoms with Crippen LogP contribution in [0.4, 0.5) is 5.69 Å². The molecule has 0 saturated heterocycles. The zero-order valence-corrected chi connectivity index (χ0v) is 12.0. The van der Waals surface area contributed by atoms with Gasteiger partial charge in [0.05, 0.1) is 20.7 Å². The summed E-state index contributed by atoms with van der Waals surface area (Å²) in [6.07, 6.45) is 0.190. The van der Waals surface area contributed by atoms with Gasteiger partial charge >= 0.3 is 0 Å². The smallest absolute Gasteiger partial charge is 0.221 e. The fourth-order valence-electron chi connectivity index (χ4n) is 1.45. The zero-order valence-electron chi connectivity index (χ0n) is 10.4. The second-order valence-corrected chi connectivity index (χ2v) is 6.09. The largest absolute Gasteiger partial charge is 0.398 e. The van der Waals surface area contributed by atoms with Crippen LogP contribution in [0.1, 0.15) is 20.3 Å². The first-order valence-corrected chi connectivity index (χ1v) is 7.33. The third-order valence-electron chi connectivity index (χ3n) is 2.19. The molecule has 1 rings (SSSR count). The molecule has 0 spiro atoms. The first-order chi connectivity index (χ1) is 8.41. The third kappa shape index (κ3) is 4.31. The molecule has 0 aromatic heterocycles. The van der Waals surface area contributed by atoms with Crippen molar-refractivity contribution in [3.8, 4) is 0 Å². The van der Waals surface area contributed by atoms with Crippen LogP contribution < -0.4 is 11.1 Å². The summed E-state index contributed by atoms with van der Waals surface area (Å²) in [6, 6.07) is 5.06. The van der Waals surface area contributed by atoms with E-state index in [4.69, 9.17) is 17.3 Å². The fraction of sp³-hybridized carbons (Fsp3) is 0.417. The number of anilines is 1. The Hall–Kier alpha value is -1.07. The summed E-state index contributed by atoms with van der Waals surface area (Å²) in [4.78, 5) is 11.9. The number of carbonyl (C=O) groups is 1. The van der Waals surface area contributed by atoms with Gasteiger partial charge in [-0.25, -0.2) is 0 Å². The molecule has 3 N–H and O–H groups in total. The van der Waals surface area contributed by atoms with Crippen molar-refractivity contribution in [2.45, 2.75) is 31.2 Å². The van der Waals surface area contributed by atoms with Crippen LogP contribution in [0.25, 0.3) is 0 Å². The van der Waals surface area contributed by atoms with Crippen molar-refractivity contribution in [3.63, 3.8) is 0 Å². The summed E-state index contributed by atoms with van der Waals surface area (Å²) in [5.74, 6) is 0.0934. The number of nitrogens with one attached hydrogen (secondary N) is 1. The maximum absolute atomic E-state index is 12.0. The minimum absolute atomic E-state index is 0.0799. The molecule has 0 aliphatic rings. The van der Waals surface area contributed by atoms with E-state index in [9.17, 15) is 9.00 Å². The summed E-state index contributed by atoms with van der Waals surface area (Å²) in [5, 5.41) is 3.11. The number of halogens is 1. The summed E-state index contributed by atoms with van der Waals surface area (Å²) in [5.41, 5.74) is 6.12. The van der Waals surface area contributed by atoms with Crippen LogP contribution in [-0.4, -0.2) is 21.9 Å². The highest BCUT2D eigenvalue weighted by atomic mass is 35.5. The highest BCUT2D eigenvalue weighted by molar-refractivity contribution is 7.85. The molecule has 1 unspecified atom stereocenters. The Morgan fingerprint density at radius 2 is 2.17 bits per heavy atom. The molecule has 1 aromatic carbocycles. The Kier molecular flexibility index (Phi) is 5.62. The Balaban J connectivity index is 2.64. The fourth-order valence-corrected chi connectivity index (χ4v) is 3.08. The Morgan fingerprint density at radius 1 is 1.50 bits per heavy atom. The lowest BCUT2D eigenvalue weighted by Crippen LogP contribution is -2.30. The molecular formula is C12H17ClN2O2S. The van der Waals surface area contributed by atoms with Gasteiger partial charge in [-0.1, -0.05) is 17.7 Å². The van der Waals surface area contributed by atoms with Crippen molar-refractivity contribution in [2.75, 3.05) is 11.5 Å². The van der Waals surface area contributed by atoms with Crippen LogP contribution in [-0.2, 0) is 15.6 Å². The Bertz CT molecular complexity index is 443. The Labute approximate surface area is 114 Å². The van der Waals surface area contributed by atoms with E-state index in [1.807, 2.05) is 13.8 Å². The highest BCUT2D eigenvalue weighted by Crippen LogP contribution is 2.25. The molecule has 0 aliphatic heterocycles. The normalized spacial score (nSPS) is 12.4. The van der Waals surface area contributed by atoms with E-state index < -0.39 is 10.8 Å². The SMILES string of the molecule is CC(C)NC(=O)CCS(=O)c1c(N)cccc1Cl. The molecule has 1 atom stereocenters. The molecule has 1 amide bonds. The second-order valence-electron chi connectivity index (χ2n) is 4.18. The third-order valence-corrected chi connectivity index (χ3v) is 4.10. The molecule has 0 heterocycles. The predicted octanol–water partition coefficient (Wildman–Crippen LogP) is 1.94. The number of benzene rings is 1. The number of nitrogen functional groups attached to an aromatic ring is 1. The molecule has 1 aromatic rings. The van der Waals surface area contributed by atoms with Crippen molar-refractivity contribution in [1.82, 2.24) is 5.32 Å². The van der Waals surface area contributed by atoms with Crippen LogP contribution in [0, 0.1) is 0 Å². The molecule has 100 valence electrons. The summed E-state index contributed by atoms with van der Waals surface area (Å²) >= 11 is 5.95. The molecular weight excluding hydrogens is 272 g/mol. The number of amides is 1. The minimum Gasteiger partial charge on any atom is -0.398 e. The van der Waals surface area contributed by atoms with Gasteiger partial charge in [0.2, 0.25) is 5.91 Å². The number of rotatable bonds is 5.